The second kappa shape index (κ2) is 13.4. The standard InChI is InChI=1S/C7H9N.C2H6.O2S/c1-8-7-5-3-2-4-6-7;1-2;1-3-2/h2-6,8H,1H3;1-2H3;. The molecule has 4 heteroatoms. The Bertz CT molecular complexity index is 220. The topological polar surface area (TPSA) is 46.2 Å². The van der Waals surface area contributed by atoms with Crippen LogP contribution in [0.5, 0.6) is 0 Å². The SMILES string of the molecule is CC.CNc1ccccc1.O=S=O. The second-order valence-electron chi connectivity index (χ2n) is 1.68. The maximum atomic E-state index is 8.29. The van der Waals surface area contributed by atoms with Gasteiger partial charge in [-0.1, -0.05) is 32.0 Å². The van der Waals surface area contributed by atoms with Gasteiger partial charge < -0.3 is 5.32 Å². The summed E-state index contributed by atoms with van der Waals surface area (Å²) in [5.74, 6) is 0. The molecule has 1 rings (SSSR count). The van der Waals surface area contributed by atoms with E-state index in [9.17, 15) is 0 Å². The number of anilines is 1. The van der Waals surface area contributed by atoms with Crippen LogP contribution >= 0.6 is 0 Å². The van der Waals surface area contributed by atoms with Gasteiger partial charge in [-0.25, -0.2) is 0 Å². The van der Waals surface area contributed by atoms with Crippen LogP contribution in [0.1, 0.15) is 13.8 Å². The predicted octanol–water partition coefficient (Wildman–Crippen LogP) is 2.08. The van der Waals surface area contributed by atoms with Crippen LogP contribution < -0.4 is 5.32 Å². The zero-order valence-corrected chi connectivity index (χ0v) is 8.93. The van der Waals surface area contributed by atoms with Crippen LogP contribution in [0.2, 0.25) is 0 Å². The highest BCUT2D eigenvalue weighted by molar-refractivity contribution is 7.51. The van der Waals surface area contributed by atoms with Gasteiger partial charge in [0.05, 0.1) is 0 Å². The molecule has 0 amide bonds. The maximum absolute atomic E-state index is 8.29. The fraction of sp³-hybridized carbons (Fsp3) is 0.333. The van der Waals surface area contributed by atoms with E-state index in [1.807, 2.05) is 51.2 Å². The molecule has 0 saturated carbocycles. The molecule has 0 aliphatic heterocycles. The summed E-state index contributed by atoms with van der Waals surface area (Å²) in [6.07, 6.45) is 0. The fourth-order valence-electron chi connectivity index (χ4n) is 0.605. The number of hydrogen-bond acceptors (Lipinski definition) is 3. The Hall–Kier alpha value is -1.16. The van der Waals surface area contributed by atoms with Crippen molar-refractivity contribution >= 4 is 17.3 Å². The molecule has 0 spiro atoms. The minimum Gasteiger partial charge on any atom is -0.388 e. The van der Waals surface area contributed by atoms with E-state index < -0.39 is 11.6 Å². The van der Waals surface area contributed by atoms with Crippen molar-refractivity contribution < 1.29 is 8.42 Å². The number of hydrogen-bond donors (Lipinski definition) is 1. The lowest BCUT2D eigenvalue weighted by molar-refractivity contribution is 0.630. The number of nitrogens with one attached hydrogen (secondary N) is 1. The quantitative estimate of drug-likeness (QED) is 0.756. The molecule has 0 bridgehead atoms. The van der Waals surface area contributed by atoms with Crippen LogP contribution in [0.4, 0.5) is 5.69 Å². The third kappa shape index (κ3) is 10.8. The van der Waals surface area contributed by atoms with Crippen LogP contribution in [0.3, 0.4) is 0 Å². The predicted molar refractivity (Wildman–Crippen MR) is 56.3 cm³/mol. The smallest absolute Gasteiger partial charge is 0.335 e. The molecule has 1 aromatic rings. The van der Waals surface area contributed by atoms with Gasteiger partial charge in [-0.3, -0.25) is 0 Å². The first kappa shape index (κ1) is 14.4. The molecule has 13 heavy (non-hydrogen) atoms. The molecule has 74 valence electrons. The van der Waals surface area contributed by atoms with Gasteiger partial charge in [-0.15, -0.1) is 0 Å². The molecule has 0 atom stereocenters. The van der Waals surface area contributed by atoms with E-state index in [-0.39, 0.29) is 0 Å². The third-order valence-corrected chi connectivity index (χ3v) is 1.06. The summed E-state index contributed by atoms with van der Waals surface area (Å²) in [6, 6.07) is 10.1. The molecule has 3 nitrogen and oxygen atoms in total. The Kier molecular flexibility index (Phi) is 14.8. The first-order valence-electron chi connectivity index (χ1n) is 3.99. The lowest BCUT2D eigenvalue weighted by atomic mass is 10.3. The number of para-hydroxylation sites is 1. The Morgan fingerprint density at radius 1 is 1.08 bits per heavy atom. The van der Waals surface area contributed by atoms with Gasteiger partial charge >= 0.3 is 11.6 Å². The third-order valence-electron chi connectivity index (χ3n) is 1.06. The summed E-state index contributed by atoms with van der Waals surface area (Å²) in [5.41, 5.74) is 1.16. The van der Waals surface area contributed by atoms with E-state index >= 15 is 0 Å². The van der Waals surface area contributed by atoms with Crippen molar-refractivity contribution in [3.8, 4) is 0 Å². The molecule has 0 aliphatic carbocycles. The zero-order valence-electron chi connectivity index (χ0n) is 8.11. The highest BCUT2D eigenvalue weighted by Gasteiger charge is 1.77. The Balaban J connectivity index is 0. The molecule has 0 heterocycles. The highest BCUT2D eigenvalue weighted by atomic mass is 32.1. The van der Waals surface area contributed by atoms with Gasteiger partial charge in [0.15, 0.2) is 0 Å². The van der Waals surface area contributed by atoms with Crippen LogP contribution in [0.15, 0.2) is 30.3 Å². The van der Waals surface area contributed by atoms with Crippen LogP contribution in [-0.4, -0.2) is 15.5 Å². The lowest BCUT2D eigenvalue weighted by Gasteiger charge is -1.94. The summed E-state index contributed by atoms with van der Waals surface area (Å²) in [5, 5.41) is 3.03. The normalized spacial score (nSPS) is 6.69. The highest BCUT2D eigenvalue weighted by Crippen LogP contribution is 2.01. The van der Waals surface area contributed by atoms with E-state index in [1.54, 1.807) is 0 Å². The molecule has 0 aromatic heterocycles. The largest absolute Gasteiger partial charge is 0.388 e. The number of benzene rings is 1. The van der Waals surface area contributed by atoms with Crippen molar-refractivity contribution in [2.24, 2.45) is 0 Å². The van der Waals surface area contributed by atoms with Crippen LogP contribution in [-0.2, 0) is 11.6 Å². The van der Waals surface area contributed by atoms with E-state index in [0.717, 1.165) is 5.69 Å². The zero-order chi connectivity index (χ0) is 10.5. The van der Waals surface area contributed by atoms with Crippen LogP contribution in [0.25, 0.3) is 0 Å². The average molecular weight is 201 g/mol. The summed E-state index contributed by atoms with van der Waals surface area (Å²) in [6.45, 7) is 4.00. The van der Waals surface area contributed by atoms with Crippen molar-refractivity contribution in [2.75, 3.05) is 12.4 Å². The van der Waals surface area contributed by atoms with E-state index in [4.69, 9.17) is 8.42 Å². The first-order valence-corrected chi connectivity index (χ1v) is 4.66. The maximum Gasteiger partial charge on any atom is 0.335 e. The number of rotatable bonds is 1. The molecular weight excluding hydrogens is 186 g/mol. The van der Waals surface area contributed by atoms with Crippen molar-refractivity contribution in [3.05, 3.63) is 30.3 Å². The van der Waals surface area contributed by atoms with Gasteiger partial charge in [-0.2, -0.15) is 8.42 Å². The van der Waals surface area contributed by atoms with Gasteiger partial charge in [0, 0.05) is 12.7 Å². The first-order chi connectivity index (χ1) is 6.35. The molecule has 0 unspecified atom stereocenters. The van der Waals surface area contributed by atoms with Gasteiger partial charge in [0.2, 0.25) is 0 Å². The summed E-state index contributed by atoms with van der Waals surface area (Å²) in [7, 11) is 1.91. The summed E-state index contributed by atoms with van der Waals surface area (Å²) >= 11 is -0.750. The average Bonchev–Trinajstić information content (AvgIpc) is 2.23. The van der Waals surface area contributed by atoms with Crippen molar-refractivity contribution in [2.45, 2.75) is 13.8 Å². The molecule has 1 N–H and O–H groups in total. The summed E-state index contributed by atoms with van der Waals surface area (Å²) in [4.78, 5) is 0. The molecule has 0 saturated heterocycles. The van der Waals surface area contributed by atoms with Gasteiger partial charge in [0.25, 0.3) is 0 Å². The summed E-state index contributed by atoms with van der Waals surface area (Å²) < 4.78 is 16.6. The van der Waals surface area contributed by atoms with E-state index in [1.165, 1.54) is 0 Å². The van der Waals surface area contributed by atoms with E-state index in [0.29, 0.717) is 0 Å². The molecule has 0 aliphatic rings. The molecular formula is C9H15NO2S. The molecule has 1 aromatic carbocycles. The van der Waals surface area contributed by atoms with Gasteiger partial charge in [0.1, 0.15) is 0 Å². The Labute approximate surface area is 82.8 Å². The lowest BCUT2D eigenvalue weighted by Crippen LogP contribution is -1.84. The molecule has 0 radical (unpaired) electrons. The van der Waals surface area contributed by atoms with E-state index in [2.05, 4.69) is 5.32 Å². The Morgan fingerprint density at radius 3 is 1.69 bits per heavy atom. The molecule has 0 fully saturated rings. The minimum absolute atomic E-state index is 0.750. The Morgan fingerprint density at radius 2 is 1.46 bits per heavy atom. The van der Waals surface area contributed by atoms with Crippen molar-refractivity contribution in [3.63, 3.8) is 0 Å². The van der Waals surface area contributed by atoms with Crippen LogP contribution in [0, 0.1) is 0 Å². The monoisotopic (exact) mass is 201 g/mol. The van der Waals surface area contributed by atoms with Crippen molar-refractivity contribution in [1.82, 2.24) is 0 Å². The fourth-order valence-corrected chi connectivity index (χ4v) is 0.605. The van der Waals surface area contributed by atoms with Gasteiger partial charge in [-0.05, 0) is 12.1 Å². The second-order valence-corrected chi connectivity index (χ2v) is 1.82. The minimum atomic E-state index is -0.750. The van der Waals surface area contributed by atoms with Crippen molar-refractivity contribution in [1.29, 1.82) is 0 Å².